The van der Waals surface area contributed by atoms with Crippen molar-refractivity contribution < 1.29 is 14.3 Å². The van der Waals surface area contributed by atoms with Crippen LogP contribution >= 0.6 is 0 Å². The standard InChI is InChI=1S/C15H22O3/c1-6-11(2)13(17)18-10-12(16)15(5)9-7-8-14(15,3)4/h6-8H,9-10H2,1-5H3/b11-6+/t15-/m0/s1. The van der Waals surface area contributed by atoms with Crippen molar-refractivity contribution in [2.75, 3.05) is 6.61 Å². The molecule has 3 heteroatoms. The summed E-state index contributed by atoms with van der Waals surface area (Å²) in [6, 6.07) is 0. The third-order valence-electron chi connectivity index (χ3n) is 4.19. The van der Waals surface area contributed by atoms with Crippen LogP contribution in [0.15, 0.2) is 23.8 Å². The van der Waals surface area contributed by atoms with Crippen LogP contribution in [-0.2, 0) is 14.3 Å². The maximum atomic E-state index is 12.3. The van der Waals surface area contributed by atoms with Crippen molar-refractivity contribution in [3.8, 4) is 0 Å². The van der Waals surface area contributed by atoms with Crippen LogP contribution in [0.1, 0.15) is 41.0 Å². The average molecular weight is 250 g/mol. The minimum atomic E-state index is -0.475. The average Bonchev–Trinajstić information content (AvgIpc) is 2.60. The van der Waals surface area contributed by atoms with E-state index in [9.17, 15) is 9.59 Å². The van der Waals surface area contributed by atoms with E-state index >= 15 is 0 Å². The second kappa shape index (κ2) is 5.09. The van der Waals surface area contributed by atoms with Crippen LogP contribution in [0.5, 0.6) is 0 Å². The summed E-state index contributed by atoms with van der Waals surface area (Å²) in [5, 5.41) is 0. The normalized spacial score (nSPS) is 26.2. The zero-order valence-electron chi connectivity index (χ0n) is 11.9. The van der Waals surface area contributed by atoms with Crippen LogP contribution in [-0.4, -0.2) is 18.4 Å². The Morgan fingerprint density at radius 1 is 1.33 bits per heavy atom. The molecule has 0 saturated heterocycles. The summed E-state index contributed by atoms with van der Waals surface area (Å²) >= 11 is 0. The van der Waals surface area contributed by atoms with E-state index in [1.807, 2.05) is 26.8 Å². The molecule has 1 rings (SSSR count). The molecule has 0 aromatic carbocycles. The van der Waals surface area contributed by atoms with Crippen molar-refractivity contribution in [2.24, 2.45) is 10.8 Å². The fraction of sp³-hybridized carbons (Fsp3) is 0.600. The van der Waals surface area contributed by atoms with Crippen molar-refractivity contribution >= 4 is 11.8 Å². The van der Waals surface area contributed by atoms with Crippen LogP contribution in [0.3, 0.4) is 0 Å². The first-order valence-electron chi connectivity index (χ1n) is 6.25. The summed E-state index contributed by atoms with van der Waals surface area (Å²) in [6.45, 7) is 9.30. The first kappa shape index (κ1) is 14.7. The summed E-state index contributed by atoms with van der Waals surface area (Å²) in [7, 11) is 0. The Bertz CT molecular complexity index is 415. The predicted octanol–water partition coefficient (Wildman–Crippen LogP) is 3.06. The van der Waals surface area contributed by atoms with Crippen LogP contribution in [0.4, 0.5) is 0 Å². The van der Waals surface area contributed by atoms with E-state index in [2.05, 4.69) is 6.08 Å². The number of carbonyl (C=O) groups excluding carboxylic acids is 2. The monoisotopic (exact) mass is 250 g/mol. The molecule has 0 radical (unpaired) electrons. The molecule has 0 unspecified atom stereocenters. The van der Waals surface area contributed by atoms with E-state index in [-0.39, 0.29) is 17.8 Å². The van der Waals surface area contributed by atoms with Crippen LogP contribution in [0, 0.1) is 10.8 Å². The lowest BCUT2D eigenvalue weighted by atomic mass is 9.66. The molecule has 0 aromatic rings. The molecule has 0 saturated carbocycles. The Hall–Kier alpha value is -1.38. The number of Topliss-reactive ketones (excluding diaryl/α,β-unsaturated/α-hetero) is 1. The summed E-state index contributed by atoms with van der Waals surface area (Å²) in [6.07, 6.45) is 6.47. The molecule has 1 aliphatic rings. The fourth-order valence-corrected chi connectivity index (χ4v) is 2.03. The Morgan fingerprint density at radius 2 is 1.94 bits per heavy atom. The van der Waals surface area contributed by atoms with Crippen molar-refractivity contribution in [1.82, 2.24) is 0 Å². The molecule has 0 bridgehead atoms. The SMILES string of the molecule is C/C=C(\C)C(=O)OCC(=O)[C@]1(C)CC=CC1(C)C. The molecule has 0 fully saturated rings. The summed E-state index contributed by atoms with van der Waals surface area (Å²) < 4.78 is 5.04. The van der Waals surface area contributed by atoms with Gasteiger partial charge >= 0.3 is 5.97 Å². The first-order valence-corrected chi connectivity index (χ1v) is 6.25. The number of esters is 1. The number of ether oxygens (including phenoxy) is 1. The van der Waals surface area contributed by atoms with Gasteiger partial charge in [0.1, 0.15) is 0 Å². The van der Waals surface area contributed by atoms with E-state index in [4.69, 9.17) is 4.74 Å². The van der Waals surface area contributed by atoms with Gasteiger partial charge in [0.25, 0.3) is 0 Å². The maximum Gasteiger partial charge on any atom is 0.333 e. The molecule has 0 N–H and O–H groups in total. The van der Waals surface area contributed by atoms with E-state index < -0.39 is 11.4 Å². The third-order valence-corrected chi connectivity index (χ3v) is 4.19. The van der Waals surface area contributed by atoms with Gasteiger partial charge in [0, 0.05) is 11.0 Å². The third kappa shape index (κ3) is 2.55. The highest BCUT2D eigenvalue weighted by Gasteiger charge is 2.47. The van der Waals surface area contributed by atoms with Gasteiger partial charge < -0.3 is 4.74 Å². The van der Waals surface area contributed by atoms with Gasteiger partial charge in [-0.1, -0.05) is 39.0 Å². The molecule has 1 atom stereocenters. The van der Waals surface area contributed by atoms with Crippen molar-refractivity contribution in [1.29, 1.82) is 0 Å². The molecular weight excluding hydrogens is 228 g/mol. The Balaban J connectivity index is 2.65. The molecule has 3 nitrogen and oxygen atoms in total. The van der Waals surface area contributed by atoms with Gasteiger partial charge in [-0.05, 0) is 25.7 Å². The minimum Gasteiger partial charge on any atom is -0.454 e. The number of ketones is 1. The van der Waals surface area contributed by atoms with Gasteiger partial charge in [-0.15, -0.1) is 0 Å². The van der Waals surface area contributed by atoms with E-state index in [0.717, 1.165) is 0 Å². The van der Waals surface area contributed by atoms with Crippen LogP contribution in [0.2, 0.25) is 0 Å². The lowest BCUT2D eigenvalue weighted by Gasteiger charge is -2.36. The zero-order chi connectivity index (χ0) is 14.0. The second-order valence-electron chi connectivity index (χ2n) is 5.63. The molecule has 0 heterocycles. The molecular formula is C15H22O3. The topological polar surface area (TPSA) is 43.4 Å². The quantitative estimate of drug-likeness (QED) is 0.437. The van der Waals surface area contributed by atoms with Gasteiger partial charge in [0.15, 0.2) is 12.4 Å². The highest BCUT2D eigenvalue weighted by atomic mass is 16.5. The van der Waals surface area contributed by atoms with Gasteiger partial charge in [-0.2, -0.15) is 0 Å². The van der Waals surface area contributed by atoms with Gasteiger partial charge in [-0.3, -0.25) is 4.79 Å². The van der Waals surface area contributed by atoms with Crippen LogP contribution < -0.4 is 0 Å². The van der Waals surface area contributed by atoms with Gasteiger partial charge in [0.05, 0.1) is 0 Å². The Kier molecular flexibility index (Phi) is 4.15. The molecule has 0 aliphatic heterocycles. The lowest BCUT2D eigenvalue weighted by Crippen LogP contribution is -2.40. The van der Waals surface area contributed by atoms with E-state index in [0.29, 0.717) is 12.0 Å². The number of hydrogen-bond donors (Lipinski definition) is 0. The summed E-state index contributed by atoms with van der Waals surface area (Å²) in [4.78, 5) is 23.8. The summed E-state index contributed by atoms with van der Waals surface area (Å²) in [5.41, 5.74) is -0.139. The number of allylic oxidation sites excluding steroid dienone is 3. The molecule has 0 spiro atoms. The van der Waals surface area contributed by atoms with Crippen molar-refractivity contribution in [3.05, 3.63) is 23.8 Å². The zero-order valence-corrected chi connectivity index (χ0v) is 11.9. The molecule has 1 aliphatic carbocycles. The van der Waals surface area contributed by atoms with Gasteiger partial charge in [0.2, 0.25) is 0 Å². The fourth-order valence-electron chi connectivity index (χ4n) is 2.03. The highest BCUT2D eigenvalue weighted by molar-refractivity contribution is 5.92. The lowest BCUT2D eigenvalue weighted by molar-refractivity contribution is -0.149. The van der Waals surface area contributed by atoms with Gasteiger partial charge in [-0.25, -0.2) is 4.79 Å². The first-order chi connectivity index (χ1) is 8.24. The minimum absolute atomic E-state index is 0.0187. The summed E-state index contributed by atoms with van der Waals surface area (Å²) in [5.74, 6) is -0.437. The molecule has 100 valence electrons. The number of carbonyl (C=O) groups is 2. The smallest absolute Gasteiger partial charge is 0.333 e. The number of rotatable bonds is 4. The van der Waals surface area contributed by atoms with E-state index in [1.165, 1.54) is 0 Å². The van der Waals surface area contributed by atoms with Crippen molar-refractivity contribution in [3.63, 3.8) is 0 Å². The van der Waals surface area contributed by atoms with E-state index in [1.54, 1.807) is 19.9 Å². The molecule has 18 heavy (non-hydrogen) atoms. The predicted molar refractivity (Wildman–Crippen MR) is 71.0 cm³/mol. The van der Waals surface area contributed by atoms with Crippen LogP contribution in [0.25, 0.3) is 0 Å². The molecule has 0 aromatic heterocycles. The van der Waals surface area contributed by atoms with Crippen molar-refractivity contribution in [2.45, 2.75) is 41.0 Å². The Labute approximate surface area is 109 Å². The maximum absolute atomic E-state index is 12.3. The highest BCUT2D eigenvalue weighted by Crippen LogP contribution is 2.48. The second-order valence-corrected chi connectivity index (χ2v) is 5.63. The molecule has 0 amide bonds. The number of hydrogen-bond acceptors (Lipinski definition) is 3. The largest absolute Gasteiger partial charge is 0.454 e. The Morgan fingerprint density at radius 3 is 2.39 bits per heavy atom.